The number of halogens is 1. The molecule has 1 aromatic rings. The van der Waals surface area contributed by atoms with Gasteiger partial charge in [-0.3, -0.25) is 4.79 Å². The SMILES string of the molecule is COC(=O)C1CNC(c2ccc(Cl)cc2)C1. The summed E-state index contributed by atoms with van der Waals surface area (Å²) in [6.07, 6.45) is 0.786. The summed E-state index contributed by atoms with van der Waals surface area (Å²) in [6.45, 7) is 0.681. The van der Waals surface area contributed by atoms with Crippen LogP contribution in [0.5, 0.6) is 0 Å². The van der Waals surface area contributed by atoms with Crippen molar-refractivity contribution in [3.63, 3.8) is 0 Å². The Bertz CT molecular complexity index is 377. The summed E-state index contributed by atoms with van der Waals surface area (Å²) in [6, 6.07) is 7.93. The van der Waals surface area contributed by atoms with Gasteiger partial charge in [-0.2, -0.15) is 0 Å². The Morgan fingerprint density at radius 1 is 1.44 bits per heavy atom. The molecule has 4 heteroatoms. The molecule has 0 radical (unpaired) electrons. The Balaban J connectivity index is 2.03. The number of ether oxygens (including phenoxy) is 1. The summed E-state index contributed by atoms with van der Waals surface area (Å²) in [5.74, 6) is -0.172. The second-order valence-corrected chi connectivity index (χ2v) is 4.40. The van der Waals surface area contributed by atoms with Gasteiger partial charge in [-0.25, -0.2) is 0 Å². The van der Waals surface area contributed by atoms with Crippen LogP contribution in [0.4, 0.5) is 0 Å². The Labute approximate surface area is 99.7 Å². The van der Waals surface area contributed by atoms with E-state index in [1.165, 1.54) is 7.11 Å². The van der Waals surface area contributed by atoms with E-state index in [1.54, 1.807) is 0 Å². The molecule has 3 nitrogen and oxygen atoms in total. The van der Waals surface area contributed by atoms with E-state index in [-0.39, 0.29) is 17.9 Å². The first kappa shape index (κ1) is 11.4. The smallest absolute Gasteiger partial charge is 0.310 e. The molecule has 1 aromatic carbocycles. The highest BCUT2D eigenvalue weighted by Crippen LogP contribution is 2.28. The third-order valence-corrected chi connectivity index (χ3v) is 3.19. The summed E-state index contributed by atoms with van der Waals surface area (Å²) in [5, 5.41) is 4.04. The van der Waals surface area contributed by atoms with Crippen LogP contribution in [0.2, 0.25) is 5.02 Å². The normalized spacial score (nSPS) is 24.4. The molecule has 0 aromatic heterocycles. The van der Waals surface area contributed by atoms with Crippen LogP contribution < -0.4 is 5.32 Å². The van der Waals surface area contributed by atoms with Crippen molar-refractivity contribution >= 4 is 17.6 Å². The van der Waals surface area contributed by atoms with Crippen LogP contribution in [0, 0.1) is 5.92 Å². The van der Waals surface area contributed by atoms with Crippen molar-refractivity contribution in [3.8, 4) is 0 Å². The summed E-state index contributed by atoms with van der Waals surface area (Å²) in [7, 11) is 1.43. The standard InChI is InChI=1S/C12H14ClNO2/c1-16-12(15)9-6-11(14-7-9)8-2-4-10(13)5-3-8/h2-5,9,11,14H,6-7H2,1H3. The zero-order valence-corrected chi connectivity index (χ0v) is 9.83. The average Bonchev–Trinajstić information content (AvgIpc) is 2.78. The lowest BCUT2D eigenvalue weighted by Crippen LogP contribution is -2.19. The van der Waals surface area contributed by atoms with E-state index in [2.05, 4.69) is 5.32 Å². The van der Waals surface area contributed by atoms with E-state index < -0.39 is 0 Å². The van der Waals surface area contributed by atoms with Crippen molar-refractivity contribution in [1.82, 2.24) is 5.32 Å². The molecule has 0 aliphatic carbocycles. The number of benzene rings is 1. The number of carbonyl (C=O) groups is 1. The third-order valence-electron chi connectivity index (χ3n) is 2.94. The van der Waals surface area contributed by atoms with Gasteiger partial charge in [0.05, 0.1) is 13.0 Å². The maximum absolute atomic E-state index is 11.4. The van der Waals surface area contributed by atoms with E-state index in [1.807, 2.05) is 24.3 Å². The molecule has 1 fully saturated rings. The van der Waals surface area contributed by atoms with Crippen molar-refractivity contribution in [2.75, 3.05) is 13.7 Å². The number of hydrogen-bond acceptors (Lipinski definition) is 3. The first-order valence-electron chi connectivity index (χ1n) is 5.27. The predicted octanol–water partition coefficient (Wildman–Crippen LogP) is 2.16. The van der Waals surface area contributed by atoms with Crippen LogP contribution in [0.15, 0.2) is 24.3 Å². The minimum atomic E-state index is -0.135. The minimum Gasteiger partial charge on any atom is -0.469 e. The van der Waals surface area contributed by atoms with Crippen LogP contribution in [-0.2, 0) is 9.53 Å². The molecule has 0 spiro atoms. The van der Waals surface area contributed by atoms with Gasteiger partial charge in [0.25, 0.3) is 0 Å². The Hall–Kier alpha value is -1.06. The fourth-order valence-corrected chi connectivity index (χ4v) is 2.16. The van der Waals surface area contributed by atoms with E-state index in [4.69, 9.17) is 16.3 Å². The lowest BCUT2D eigenvalue weighted by molar-refractivity contribution is -0.144. The molecule has 16 heavy (non-hydrogen) atoms. The number of nitrogens with one attached hydrogen (secondary N) is 1. The summed E-state index contributed by atoms with van der Waals surface area (Å²) in [5.41, 5.74) is 1.16. The lowest BCUT2D eigenvalue weighted by Gasteiger charge is -2.10. The van der Waals surface area contributed by atoms with Crippen molar-refractivity contribution < 1.29 is 9.53 Å². The quantitative estimate of drug-likeness (QED) is 0.804. The molecule has 0 saturated carbocycles. The monoisotopic (exact) mass is 239 g/mol. The lowest BCUT2D eigenvalue weighted by atomic mass is 10.0. The molecule has 0 amide bonds. The summed E-state index contributed by atoms with van der Waals surface area (Å²) < 4.78 is 4.74. The van der Waals surface area contributed by atoms with Crippen molar-refractivity contribution in [3.05, 3.63) is 34.9 Å². The maximum Gasteiger partial charge on any atom is 0.310 e. The minimum absolute atomic E-state index is 0.0364. The van der Waals surface area contributed by atoms with Gasteiger partial charge in [0.1, 0.15) is 0 Å². The predicted molar refractivity (Wildman–Crippen MR) is 62.3 cm³/mol. The highest BCUT2D eigenvalue weighted by Gasteiger charge is 2.30. The molecule has 1 aliphatic rings. The Morgan fingerprint density at radius 2 is 2.12 bits per heavy atom. The number of esters is 1. The highest BCUT2D eigenvalue weighted by atomic mass is 35.5. The van der Waals surface area contributed by atoms with Crippen molar-refractivity contribution in [1.29, 1.82) is 0 Å². The van der Waals surface area contributed by atoms with E-state index in [0.29, 0.717) is 6.54 Å². The molecule has 1 N–H and O–H groups in total. The van der Waals surface area contributed by atoms with Crippen molar-refractivity contribution in [2.24, 2.45) is 5.92 Å². The molecule has 1 aliphatic heterocycles. The van der Waals surface area contributed by atoms with E-state index in [0.717, 1.165) is 17.0 Å². The average molecular weight is 240 g/mol. The fourth-order valence-electron chi connectivity index (χ4n) is 2.03. The molecule has 86 valence electrons. The molecule has 2 atom stereocenters. The molecular formula is C12H14ClNO2. The molecule has 2 unspecified atom stereocenters. The van der Waals surface area contributed by atoms with Gasteiger partial charge in [0.15, 0.2) is 0 Å². The van der Waals surface area contributed by atoms with Gasteiger partial charge >= 0.3 is 5.97 Å². The summed E-state index contributed by atoms with van der Waals surface area (Å²) in [4.78, 5) is 11.4. The van der Waals surface area contributed by atoms with Gasteiger partial charge < -0.3 is 10.1 Å². The molecule has 0 bridgehead atoms. The molecular weight excluding hydrogens is 226 g/mol. The van der Waals surface area contributed by atoms with Gasteiger partial charge in [-0.05, 0) is 24.1 Å². The van der Waals surface area contributed by atoms with E-state index in [9.17, 15) is 4.79 Å². The van der Waals surface area contributed by atoms with Gasteiger partial charge in [-0.15, -0.1) is 0 Å². The first-order valence-corrected chi connectivity index (χ1v) is 5.65. The van der Waals surface area contributed by atoms with Crippen LogP contribution >= 0.6 is 11.6 Å². The highest BCUT2D eigenvalue weighted by molar-refractivity contribution is 6.30. The summed E-state index contributed by atoms with van der Waals surface area (Å²) >= 11 is 5.83. The second-order valence-electron chi connectivity index (χ2n) is 3.97. The largest absolute Gasteiger partial charge is 0.469 e. The molecule has 2 rings (SSSR count). The van der Waals surface area contributed by atoms with E-state index >= 15 is 0 Å². The Kier molecular flexibility index (Phi) is 3.46. The topological polar surface area (TPSA) is 38.3 Å². The fraction of sp³-hybridized carbons (Fsp3) is 0.417. The number of rotatable bonds is 2. The van der Waals surface area contributed by atoms with Gasteiger partial charge in [-0.1, -0.05) is 23.7 Å². The maximum atomic E-state index is 11.4. The number of carbonyl (C=O) groups excluding carboxylic acids is 1. The molecule has 1 heterocycles. The van der Waals surface area contributed by atoms with Crippen molar-refractivity contribution in [2.45, 2.75) is 12.5 Å². The number of methoxy groups -OCH3 is 1. The zero-order valence-electron chi connectivity index (χ0n) is 9.07. The number of hydrogen-bond donors (Lipinski definition) is 1. The first-order chi connectivity index (χ1) is 7.70. The second kappa shape index (κ2) is 4.85. The van der Waals surface area contributed by atoms with Crippen LogP contribution in [0.1, 0.15) is 18.0 Å². The van der Waals surface area contributed by atoms with Crippen LogP contribution in [0.3, 0.4) is 0 Å². The third kappa shape index (κ3) is 2.36. The zero-order chi connectivity index (χ0) is 11.5. The molecule has 1 saturated heterocycles. The van der Waals surface area contributed by atoms with Crippen LogP contribution in [-0.4, -0.2) is 19.6 Å². The van der Waals surface area contributed by atoms with Gasteiger partial charge in [0.2, 0.25) is 0 Å². The Morgan fingerprint density at radius 3 is 2.75 bits per heavy atom. The van der Waals surface area contributed by atoms with Crippen LogP contribution in [0.25, 0.3) is 0 Å². The van der Waals surface area contributed by atoms with Gasteiger partial charge in [0, 0.05) is 17.6 Å².